The number of hydrogen-bond donors (Lipinski definition) is 2. The average Bonchev–Trinajstić information content (AvgIpc) is 3.16. The number of amides is 1. The zero-order valence-electron chi connectivity index (χ0n) is 15.7. The van der Waals surface area contributed by atoms with Crippen LogP contribution < -0.4 is 5.32 Å². The number of hydrogen-bond acceptors (Lipinski definition) is 2. The van der Waals surface area contributed by atoms with Gasteiger partial charge in [0.05, 0.1) is 22.6 Å². The Balaban J connectivity index is 1.74. The quantitative estimate of drug-likeness (QED) is 0.427. The number of imidazole rings is 1. The molecule has 4 aromatic rings. The molecule has 9 heteroatoms. The molecule has 0 spiro atoms. The zero-order chi connectivity index (χ0) is 22.2. The lowest BCUT2D eigenvalue weighted by molar-refractivity contribution is -0.144. The van der Waals surface area contributed by atoms with Gasteiger partial charge in [-0.3, -0.25) is 4.79 Å². The van der Waals surface area contributed by atoms with E-state index in [1.54, 1.807) is 30.3 Å². The highest BCUT2D eigenvalue weighted by atomic mass is 19.4. The van der Waals surface area contributed by atoms with Crippen LogP contribution in [0.1, 0.15) is 33.4 Å². The van der Waals surface area contributed by atoms with Crippen LogP contribution in [0.25, 0.3) is 11.0 Å². The van der Waals surface area contributed by atoms with Crippen molar-refractivity contribution in [3.05, 3.63) is 101 Å². The highest BCUT2D eigenvalue weighted by Gasteiger charge is 2.34. The largest absolute Gasteiger partial charge is 0.449 e. The zero-order valence-corrected chi connectivity index (χ0v) is 15.7. The topological polar surface area (TPSA) is 57.8 Å². The second-order valence-corrected chi connectivity index (χ2v) is 6.80. The van der Waals surface area contributed by atoms with E-state index in [1.165, 1.54) is 18.2 Å². The van der Waals surface area contributed by atoms with Crippen molar-refractivity contribution in [3.63, 3.8) is 0 Å². The minimum Gasteiger partial charge on any atom is -0.341 e. The van der Waals surface area contributed by atoms with Gasteiger partial charge in [0.1, 0.15) is 11.6 Å². The van der Waals surface area contributed by atoms with Crippen LogP contribution in [0.5, 0.6) is 0 Å². The highest BCUT2D eigenvalue weighted by molar-refractivity contribution is 5.95. The van der Waals surface area contributed by atoms with E-state index >= 15 is 0 Å². The maximum atomic E-state index is 14.1. The Morgan fingerprint density at radius 3 is 2.35 bits per heavy atom. The van der Waals surface area contributed by atoms with Crippen molar-refractivity contribution in [1.82, 2.24) is 15.3 Å². The van der Waals surface area contributed by atoms with Gasteiger partial charge in [0, 0.05) is 6.07 Å². The molecule has 0 aliphatic heterocycles. The number of benzene rings is 3. The molecule has 3 aromatic carbocycles. The van der Waals surface area contributed by atoms with Crippen LogP contribution in [0.15, 0.2) is 66.7 Å². The number of rotatable bonds is 4. The second kappa shape index (κ2) is 7.82. The summed E-state index contributed by atoms with van der Waals surface area (Å²) in [5, 5.41) is 2.67. The summed E-state index contributed by atoms with van der Waals surface area (Å²) in [6, 6.07) is 14.8. The maximum Gasteiger partial charge on any atom is 0.449 e. The van der Waals surface area contributed by atoms with E-state index in [9.17, 15) is 26.7 Å². The first-order valence-corrected chi connectivity index (χ1v) is 9.10. The van der Waals surface area contributed by atoms with Gasteiger partial charge in [0.2, 0.25) is 5.82 Å². The Labute approximate surface area is 172 Å². The van der Waals surface area contributed by atoms with Gasteiger partial charge in [-0.1, -0.05) is 36.4 Å². The number of nitrogens with one attached hydrogen (secondary N) is 2. The predicted molar refractivity (Wildman–Crippen MR) is 103 cm³/mol. The Bertz CT molecular complexity index is 1250. The molecule has 1 aromatic heterocycles. The van der Waals surface area contributed by atoms with Crippen LogP contribution >= 0.6 is 0 Å². The highest BCUT2D eigenvalue weighted by Crippen LogP contribution is 2.30. The maximum absolute atomic E-state index is 14.1. The van der Waals surface area contributed by atoms with Gasteiger partial charge in [-0.15, -0.1) is 0 Å². The number of carbonyl (C=O) groups is 1. The summed E-state index contributed by atoms with van der Waals surface area (Å²) in [6.45, 7) is 0. The Morgan fingerprint density at radius 1 is 0.935 bits per heavy atom. The molecule has 4 rings (SSSR count). The molecule has 1 heterocycles. The lowest BCUT2D eigenvalue weighted by atomic mass is 9.97. The first-order valence-electron chi connectivity index (χ1n) is 9.10. The molecule has 0 aliphatic carbocycles. The summed E-state index contributed by atoms with van der Waals surface area (Å²) in [6.07, 6.45) is -4.63. The molecule has 0 saturated carbocycles. The van der Waals surface area contributed by atoms with Gasteiger partial charge in [-0.2, -0.15) is 13.2 Å². The molecule has 4 nitrogen and oxygen atoms in total. The molecular formula is C22H14F5N3O. The van der Waals surface area contributed by atoms with E-state index < -0.39 is 35.6 Å². The molecule has 2 N–H and O–H groups in total. The smallest absolute Gasteiger partial charge is 0.341 e. The molecule has 1 unspecified atom stereocenters. The average molecular weight is 431 g/mol. The van der Waals surface area contributed by atoms with Gasteiger partial charge in [0.25, 0.3) is 5.91 Å². The van der Waals surface area contributed by atoms with Crippen LogP contribution in [0.2, 0.25) is 0 Å². The first kappa shape index (κ1) is 20.5. The van der Waals surface area contributed by atoms with Crippen LogP contribution in [0.3, 0.4) is 0 Å². The number of aromatic amines is 1. The van der Waals surface area contributed by atoms with E-state index in [0.29, 0.717) is 17.2 Å². The number of carbonyl (C=O) groups excluding carboxylic acids is 1. The van der Waals surface area contributed by atoms with Crippen molar-refractivity contribution in [2.45, 2.75) is 12.2 Å². The SMILES string of the molecule is O=C(NC(c1ccccc1)c1ccc2nc(C(F)(F)F)[nH]c2c1)c1ccc(F)cc1F. The molecule has 1 atom stereocenters. The lowest BCUT2D eigenvalue weighted by Gasteiger charge is -2.20. The van der Waals surface area contributed by atoms with E-state index in [1.807, 2.05) is 0 Å². The van der Waals surface area contributed by atoms with Crippen molar-refractivity contribution in [2.75, 3.05) is 0 Å². The molecule has 0 bridgehead atoms. The lowest BCUT2D eigenvalue weighted by Crippen LogP contribution is -2.30. The van der Waals surface area contributed by atoms with Gasteiger partial charge >= 0.3 is 6.18 Å². The van der Waals surface area contributed by atoms with E-state index in [2.05, 4.69) is 15.3 Å². The third kappa shape index (κ3) is 4.25. The van der Waals surface area contributed by atoms with Crippen LogP contribution in [0, 0.1) is 11.6 Å². The second-order valence-electron chi connectivity index (χ2n) is 6.80. The fraction of sp³-hybridized carbons (Fsp3) is 0.0909. The monoisotopic (exact) mass is 431 g/mol. The fourth-order valence-electron chi connectivity index (χ4n) is 3.23. The number of halogens is 5. The minimum atomic E-state index is -4.63. The summed E-state index contributed by atoms with van der Waals surface area (Å²) in [5.74, 6) is -3.78. The molecule has 31 heavy (non-hydrogen) atoms. The first-order chi connectivity index (χ1) is 14.7. The molecule has 1 amide bonds. The number of aromatic nitrogens is 2. The predicted octanol–water partition coefficient (Wildman–Crippen LogP) is 5.38. The normalized spacial score (nSPS) is 12.7. The Hall–Kier alpha value is -3.75. The standard InChI is InChI=1S/C22H14F5N3O/c23-14-7-8-15(16(24)11-14)20(31)30-19(12-4-2-1-3-5-12)13-6-9-17-18(10-13)29-21(28-17)22(25,26)27/h1-11,19H,(H,28,29)(H,30,31). The van der Waals surface area contributed by atoms with Gasteiger partial charge in [-0.25, -0.2) is 13.8 Å². The van der Waals surface area contributed by atoms with Gasteiger partial charge < -0.3 is 10.3 Å². The number of fused-ring (bicyclic) bond motifs is 1. The third-order valence-corrected chi connectivity index (χ3v) is 4.69. The molecule has 158 valence electrons. The van der Waals surface area contributed by atoms with Crippen molar-refractivity contribution in [2.24, 2.45) is 0 Å². The fourth-order valence-corrected chi connectivity index (χ4v) is 3.23. The molecule has 0 aliphatic rings. The van der Waals surface area contributed by atoms with Crippen molar-refractivity contribution >= 4 is 16.9 Å². The van der Waals surface area contributed by atoms with Gasteiger partial charge in [0.15, 0.2) is 0 Å². The van der Waals surface area contributed by atoms with E-state index in [-0.39, 0.29) is 16.6 Å². The Kier molecular flexibility index (Phi) is 5.18. The molecular weight excluding hydrogens is 417 g/mol. The summed E-state index contributed by atoms with van der Waals surface area (Å²) in [7, 11) is 0. The summed E-state index contributed by atoms with van der Waals surface area (Å²) in [4.78, 5) is 18.5. The van der Waals surface area contributed by atoms with Crippen molar-refractivity contribution < 1.29 is 26.7 Å². The number of alkyl halides is 3. The molecule has 0 fully saturated rings. The van der Waals surface area contributed by atoms with E-state index in [4.69, 9.17) is 0 Å². The summed E-state index contributed by atoms with van der Waals surface area (Å²) < 4.78 is 66.1. The van der Waals surface area contributed by atoms with Crippen LogP contribution in [-0.4, -0.2) is 15.9 Å². The van der Waals surface area contributed by atoms with Crippen LogP contribution in [0.4, 0.5) is 22.0 Å². The summed E-state index contributed by atoms with van der Waals surface area (Å²) >= 11 is 0. The third-order valence-electron chi connectivity index (χ3n) is 4.69. The molecule has 0 radical (unpaired) electrons. The number of H-pyrrole nitrogens is 1. The van der Waals surface area contributed by atoms with Crippen molar-refractivity contribution in [3.8, 4) is 0 Å². The van der Waals surface area contributed by atoms with E-state index in [0.717, 1.165) is 12.1 Å². The molecule has 0 saturated heterocycles. The number of nitrogens with zero attached hydrogens (tertiary/aromatic N) is 1. The van der Waals surface area contributed by atoms with Crippen molar-refractivity contribution in [1.29, 1.82) is 0 Å². The van der Waals surface area contributed by atoms with Crippen LogP contribution in [-0.2, 0) is 6.18 Å². The Morgan fingerprint density at radius 2 is 1.68 bits per heavy atom. The van der Waals surface area contributed by atoms with Gasteiger partial charge in [-0.05, 0) is 35.4 Å². The summed E-state index contributed by atoms with van der Waals surface area (Å²) in [5.41, 5.74) is 0.955. The minimum absolute atomic E-state index is 0.110.